The van der Waals surface area contributed by atoms with E-state index < -0.39 is 11.6 Å². The Labute approximate surface area is 129 Å². The second-order valence-electron chi connectivity index (χ2n) is 5.79. The molecule has 0 radical (unpaired) electrons. The van der Waals surface area contributed by atoms with E-state index in [1.807, 2.05) is 18.2 Å². The number of carboxylic acid groups (broad SMARTS) is 1. The van der Waals surface area contributed by atoms with Crippen molar-refractivity contribution < 1.29 is 15.0 Å². The van der Waals surface area contributed by atoms with Crippen LogP contribution in [-0.4, -0.2) is 22.7 Å². The fraction of sp³-hybridized carbons (Fsp3) is 0.278. The van der Waals surface area contributed by atoms with E-state index in [1.165, 1.54) is 5.56 Å². The van der Waals surface area contributed by atoms with Crippen molar-refractivity contribution in [3.8, 4) is 0 Å². The van der Waals surface area contributed by atoms with Crippen LogP contribution in [0.1, 0.15) is 33.5 Å². The van der Waals surface area contributed by atoms with Crippen LogP contribution in [-0.2, 0) is 18.6 Å². The maximum absolute atomic E-state index is 10.8. The second-order valence-corrected chi connectivity index (χ2v) is 5.79. The summed E-state index contributed by atoms with van der Waals surface area (Å²) in [4.78, 5) is 10.8. The summed E-state index contributed by atoms with van der Waals surface area (Å²) in [6.07, 6.45) is 1.64. The van der Waals surface area contributed by atoms with Gasteiger partial charge in [0.15, 0.2) is 0 Å². The second kappa shape index (κ2) is 5.91. The van der Waals surface area contributed by atoms with E-state index in [4.69, 9.17) is 5.11 Å². The van der Waals surface area contributed by atoms with Gasteiger partial charge in [0, 0.05) is 13.1 Å². The van der Waals surface area contributed by atoms with Crippen molar-refractivity contribution >= 4 is 5.97 Å². The Morgan fingerprint density at radius 2 is 1.86 bits per heavy atom. The molecular weight excluding hydrogens is 278 g/mol. The van der Waals surface area contributed by atoms with Crippen molar-refractivity contribution in [3.05, 3.63) is 70.8 Å². The summed E-state index contributed by atoms with van der Waals surface area (Å²) in [6, 6.07) is 14.8. The molecular formula is C18H19NO3. The summed E-state index contributed by atoms with van der Waals surface area (Å²) in [5, 5.41) is 22.9. The predicted octanol–water partition coefficient (Wildman–Crippen LogP) is 2.31. The Bertz CT molecular complexity index is 681. The lowest BCUT2D eigenvalue weighted by atomic mass is 9.96. The van der Waals surface area contributed by atoms with Crippen molar-refractivity contribution in [2.45, 2.75) is 25.0 Å². The molecule has 0 saturated heterocycles. The lowest BCUT2D eigenvalue weighted by Crippen LogP contribution is -2.35. The van der Waals surface area contributed by atoms with Gasteiger partial charge in [0.05, 0.1) is 5.56 Å². The molecule has 0 spiro atoms. The zero-order valence-electron chi connectivity index (χ0n) is 12.2. The van der Waals surface area contributed by atoms with Crippen LogP contribution in [0.2, 0.25) is 0 Å². The third-order valence-corrected chi connectivity index (χ3v) is 4.27. The fourth-order valence-corrected chi connectivity index (χ4v) is 3.03. The predicted molar refractivity (Wildman–Crippen MR) is 83.8 cm³/mol. The topological polar surface area (TPSA) is 69.6 Å². The Kier molecular flexibility index (Phi) is 3.96. The SMILES string of the molecule is O=C(O)c1ccc(CNCC2(O)CCc3ccccc32)cc1. The number of carboxylic acids is 1. The van der Waals surface area contributed by atoms with Gasteiger partial charge >= 0.3 is 5.97 Å². The molecule has 0 bridgehead atoms. The van der Waals surface area contributed by atoms with E-state index in [-0.39, 0.29) is 5.56 Å². The number of hydrogen-bond donors (Lipinski definition) is 3. The lowest BCUT2D eigenvalue weighted by Gasteiger charge is -2.24. The number of rotatable bonds is 5. The number of aryl methyl sites for hydroxylation is 1. The highest BCUT2D eigenvalue weighted by Crippen LogP contribution is 2.36. The zero-order chi connectivity index (χ0) is 15.6. The number of aliphatic hydroxyl groups is 1. The molecule has 0 fully saturated rings. The number of aromatic carboxylic acids is 1. The van der Waals surface area contributed by atoms with Crippen LogP contribution < -0.4 is 5.32 Å². The van der Waals surface area contributed by atoms with E-state index >= 15 is 0 Å². The van der Waals surface area contributed by atoms with Crippen LogP contribution in [0.3, 0.4) is 0 Å². The molecule has 4 nitrogen and oxygen atoms in total. The van der Waals surface area contributed by atoms with Crippen molar-refractivity contribution in [2.75, 3.05) is 6.54 Å². The maximum Gasteiger partial charge on any atom is 0.335 e. The van der Waals surface area contributed by atoms with E-state index in [0.29, 0.717) is 13.1 Å². The molecule has 0 saturated carbocycles. The minimum absolute atomic E-state index is 0.284. The summed E-state index contributed by atoms with van der Waals surface area (Å²) in [6.45, 7) is 1.09. The lowest BCUT2D eigenvalue weighted by molar-refractivity contribution is 0.0384. The van der Waals surface area contributed by atoms with E-state index in [2.05, 4.69) is 11.4 Å². The molecule has 1 atom stereocenters. The summed E-state index contributed by atoms with van der Waals surface area (Å²) in [5.41, 5.74) is 2.71. The smallest absolute Gasteiger partial charge is 0.335 e. The van der Waals surface area contributed by atoms with E-state index in [0.717, 1.165) is 24.0 Å². The van der Waals surface area contributed by atoms with Gasteiger partial charge in [-0.3, -0.25) is 0 Å². The maximum atomic E-state index is 10.8. The van der Waals surface area contributed by atoms with Gasteiger partial charge in [-0.15, -0.1) is 0 Å². The molecule has 22 heavy (non-hydrogen) atoms. The Hall–Kier alpha value is -2.17. The molecule has 1 aliphatic carbocycles. The number of carbonyl (C=O) groups is 1. The largest absolute Gasteiger partial charge is 0.478 e. The highest BCUT2D eigenvalue weighted by molar-refractivity contribution is 5.87. The van der Waals surface area contributed by atoms with Gasteiger partial charge in [-0.1, -0.05) is 36.4 Å². The molecule has 2 aromatic carbocycles. The minimum Gasteiger partial charge on any atom is -0.478 e. The van der Waals surface area contributed by atoms with Crippen molar-refractivity contribution in [3.63, 3.8) is 0 Å². The number of fused-ring (bicyclic) bond motifs is 1. The quantitative estimate of drug-likeness (QED) is 0.792. The third kappa shape index (κ3) is 2.89. The first-order chi connectivity index (χ1) is 10.6. The molecule has 0 heterocycles. The van der Waals surface area contributed by atoms with Gasteiger partial charge in [-0.25, -0.2) is 4.79 Å². The first-order valence-corrected chi connectivity index (χ1v) is 7.42. The van der Waals surface area contributed by atoms with E-state index in [1.54, 1.807) is 24.3 Å². The van der Waals surface area contributed by atoms with Gasteiger partial charge in [-0.05, 0) is 41.7 Å². The van der Waals surface area contributed by atoms with Crippen LogP contribution >= 0.6 is 0 Å². The van der Waals surface area contributed by atoms with Crippen LogP contribution in [0.25, 0.3) is 0 Å². The third-order valence-electron chi connectivity index (χ3n) is 4.27. The number of benzene rings is 2. The Balaban J connectivity index is 1.60. The molecule has 3 N–H and O–H groups in total. The van der Waals surface area contributed by atoms with Crippen molar-refractivity contribution in [1.29, 1.82) is 0 Å². The number of hydrogen-bond acceptors (Lipinski definition) is 3. The standard InChI is InChI=1S/C18H19NO3/c20-17(21)15-7-5-13(6-8-15)11-19-12-18(22)10-9-14-3-1-2-4-16(14)18/h1-8,19,22H,9-12H2,(H,20,21). The fourth-order valence-electron chi connectivity index (χ4n) is 3.03. The van der Waals surface area contributed by atoms with Crippen molar-refractivity contribution in [1.82, 2.24) is 5.32 Å². The summed E-state index contributed by atoms with van der Waals surface area (Å²) < 4.78 is 0. The monoisotopic (exact) mass is 297 g/mol. The highest BCUT2D eigenvalue weighted by atomic mass is 16.4. The molecule has 0 aliphatic heterocycles. The van der Waals surface area contributed by atoms with Gasteiger partial charge in [-0.2, -0.15) is 0 Å². The average molecular weight is 297 g/mol. The van der Waals surface area contributed by atoms with Gasteiger partial charge in [0.25, 0.3) is 0 Å². The summed E-state index contributed by atoms with van der Waals surface area (Å²) >= 11 is 0. The van der Waals surface area contributed by atoms with E-state index in [9.17, 15) is 9.90 Å². The van der Waals surface area contributed by atoms with Gasteiger partial charge in [0.1, 0.15) is 5.60 Å². The molecule has 1 unspecified atom stereocenters. The Morgan fingerprint density at radius 1 is 1.14 bits per heavy atom. The van der Waals surface area contributed by atoms with Gasteiger partial charge < -0.3 is 15.5 Å². The summed E-state index contributed by atoms with van der Waals surface area (Å²) in [7, 11) is 0. The average Bonchev–Trinajstić information content (AvgIpc) is 2.86. The number of nitrogens with one attached hydrogen (secondary N) is 1. The normalized spacial score (nSPS) is 19.9. The molecule has 0 aromatic heterocycles. The van der Waals surface area contributed by atoms with Crippen LogP contribution in [0, 0.1) is 0 Å². The Morgan fingerprint density at radius 3 is 2.59 bits per heavy atom. The molecule has 114 valence electrons. The highest BCUT2D eigenvalue weighted by Gasteiger charge is 2.35. The first kappa shape index (κ1) is 14.8. The van der Waals surface area contributed by atoms with Crippen molar-refractivity contribution in [2.24, 2.45) is 0 Å². The molecule has 3 rings (SSSR count). The molecule has 1 aliphatic rings. The first-order valence-electron chi connectivity index (χ1n) is 7.42. The van der Waals surface area contributed by atoms with Crippen LogP contribution in [0.15, 0.2) is 48.5 Å². The zero-order valence-corrected chi connectivity index (χ0v) is 12.2. The molecule has 0 amide bonds. The molecule has 2 aromatic rings. The summed E-state index contributed by atoms with van der Waals surface area (Å²) in [5.74, 6) is -0.920. The van der Waals surface area contributed by atoms with Crippen LogP contribution in [0.4, 0.5) is 0 Å². The van der Waals surface area contributed by atoms with Gasteiger partial charge in [0.2, 0.25) is 0 Å². The molecule has 4 heteroatoms. The minimum atomic E-state index is -0.920. The van der Waals surface area contributed by atoms with Crippen LogP contribution in [0.5, 0.6) is 0 Å².